The zero-order valence-corrected chi connectivity index (χ0v) is 18.3. The molecule has 1 amide bonds. The lowest BCUT2D eigenvalue weighted by atomic mass is 10.2. The van der Waals surface area contributed by atoms with Crippen LogP contribution in [-0.4, -0.2) is 80.2 Å². The summed E-state index contributed by atoms with van der Waals surface area (Å²) in [6.45, 7) is 3.40. The molecule has 1 aromatic heterocycles. The third-order valence-electron chi connectivity index (χ3n) is 5.17. The number of carbonyl (C=O) groups excluding carboxylic acids is 1. The third kappa shape index (κ3) is 5.78. The van der Waals surface area contributed by atoms with Gasteiger partial charge in [-0.05, 0) is 24.7 Å². The number of hydrogen-bond donors (Lipinski definition) is 1. The molecule has 8 nitrogen and oxygen atoms in total. The molecule has 0 radical (unpaired) electrons. The Bertz CT molecular complexity index is 927. The Morgan fingerprint density at radius 3 is 2.43 bits per heavy atom. The van der Waals surface area contributed by atoms with Gasteiger partial charge < -0.3 is 15.1 Å². The Morgan fingerprint density at radius 1 is 1.10 bits per heavy atom. The maximum absolute atomic E-state index is 12.7. The smallest absolute Gasteiger partial charge is 0.244 e. The minimum Gasteiger partial charge on any atom is -0.370 e. The van der Waals surface area contributed by atoms with E-state index in [1.165, 1.54) is 10.5 Å². The van der Waals surface area contributed by atoms with E-state index in [1.54, 1.807) is 24.1 Å². The third-order valence-corrected chi connectivity index (χ3v) is 7.05. The molecule has 1 aromatic carbocycles. The molecule has 162 valence electrons. The fourth-order valence-electron chi connectivity index (χ4n) is 3.25. The quantitative estimate of drug-likeness (QED) is 0.681. The molecule has 0 bridgehead atoms. The minimum absolute atomic E-state index is 0.0283. The first-order valence-corrected chi connectivity index (χ1v) is 11.5. The Kier molecular flexibility index (Phi) is 7.41. The average molecular weight is 432 g/mol. The number of likely N-dealkylation sites (N-methyl/N-ethyl adjacent to an activating group) is 1. The first-order valence-electron chi connectivity index (χ1n) is 10.0. The monoisotopic (exact) mass is 431 g/mol. The Balaban J connectivity index is 1.48. The number of amides is 1. The molecule has 1 N–H and O–H groups in total. The Labute approximate surface area is 178 Å². The van der Waals surface area contributed by atoms with Crippen LogP contribution in [-0.2, 0) is 21.4 Å². The summed E-state index contributed by atoms with van der Waals surface area (Å²) in [5.41, 5.74) is 1.08. The number of benzene rings is 1. The summed E-state index contributed by atoms with van der Waals surface area (Å²) in [5, 5.41) is 3.08. The Hall–Kier alpha value is -2.49. The van der Waals surface area contributed by atoms with Gasteiger partial charge in [-0.3, -0.25) is 4.79 Å². The van der Waals surface area contributed by atoms with Crippen molar-refractivity contribution < 1.29 is 13.2 Å². The van der Waals surface area contributed by atoms with Gasteiger partial charge in [-0.2, -0.15) is 4.31 Å². The number of rotatable bonds is 8. The summed E-state index contributed by atoms with van der Waals surface area (Å²) in [5.74, 6) is 0.575. The van der Waals surface area contributed by atoms with Crippen LogP contribution in [0.2, 0.25) is 0 Å². The molecule has 1 aliphatic rings. The second-order valence-corrected chi connectivity index (χ2v) is 9.44. The highest BCUT2D eigenvalue weighted by molar-refractivity contribution is 7.89. The van der Waals surface area contributed by atoms with E-state index in [0.29, 0.717) is 38.4 Å². The minimum atomic E-state index is -3.52. The molecule has 0 saturated carbocycles. The van der Waals surface area contributed by atoms with Crippen LogP contribution in [0.4, 0.5) is 5.82 Å². The maximum atomic E-state index is 12.7. The normalized spacial score (nSPS) is 15.7. The van der Waals surface area contributed by atoms with Gasteiger partial charge in [0.25, 0.3) is 0 Å². The number of anilines is 1. The van der Waals surface area contributed by atoms with Crippen molar-refractivity contribution in [2.75, 3.05) is 52.1 Å². The van der Waals surface area contributed by atoms with Gasteiger partial charge in [0, 0.05) is 58.9 Å². The molecule has 2 heterocycles. The van der Waals surface area contributed by atoms with Crippen molar-refractivity contribution in [3.8, 4) is 0 Å². The number of nitrogens with one attached hydrogen (secondary N) is 1. The summed E-state index contributed by atoms with van der Waals surface area (Å²) in [7, 11) is 0.244. The molecule has 0 aliphatic carbocycles. The van der Waals surface area contributed by atoms with Crippen LogP contribution in [0.1, 0.15) is 12.0 Å². The summed E-state index contributed by atoms with van der Waals surface area (Å²) < 4.78 is 27.0. The average Bonchev–Trinajstić information content (AvgIpc) is 2.75. The molecular weight excluding hydrogens is 402 g/mol. The summed E-state index contributed by atoms with van der Waals surface area (Å²) in [4.78, 5) is 20.5. The highest BCUT2D eigenvalue weighted by Crippen LogP contribution is 2.18. The number of hydrogen-bond acceptors (Lipinski definition) is 6. The van der Waals surface area contributed by atoms with Crippen LogP contribution < -0.4 is 5.32 Å². The number of sulfonamides is 1. The second-order valence-electron chi connectivity index (χ2n) is 7.50. The van der Waals surface area contributed by atoms with Crippen molar-refractivity contribution in [2.45, 2.75) is 17.9 Å². The van der Waals surface area contributed by atoms with E-state index in [9.17, 15) is 13.2 Å². The van der Waals surface area contributed by atoms with Crippen LogP contribution in [0.5, 0.6) is 0 Å². The lowest BCUT2D eigenvalue weighted by molar-refractivity contribution is -0.130. The van der Waals surface area contributed by atoms with Crippen molar-refractivity contribution in [1.29, 1.82) is 0 Å². The molecule has 2 aromatic rings. The molecule has 0 unspecified atom stereocenters. The van der Waals surface area contributed by atoms with Crippen LogP contribution in [0.25, 0.3) is 0 Å². The fourth-order valence-corrected chi connectivity index (χ4v) is 4.62. The predicted octanol–water partition coefficient (Wildman–Crippen LogP) is 1.48. The summed E-state index contributed by atoms with van der Waals surface area (Å²) in [6.07, 6.45) is 1.70. The van der Waals surface area contributed by atoms with Crippen LogP contribution in [0, 0.1) is 0 Å². The molecule has 0 atom stereocenters. The van der Waals surface area contributed by atoms with Gasteiger partial charge in [0.15, 0.2) is 0 Å². The summed E-state index contributed by atoms with van der Waals surface area (Å²) in [6, 6.07) is 13.0. The van der Waals surface area contributed by atoms with Gasteiger partial charge >= 0.3 is 0 Å². The van der Waals surface area contributed by atoms with Gasteiger partial charge in [-0.1, -0.05) is 30.3 Å². The predicted molar refractivity (Wildman–Crippen MR) is 117 cm³/mol. The van der Waals surface area contributed by atoms with E-state index >= 15 is 0 Å². The number of aromatic nitrogens is 1. The van der Waals surface area contributed by atoms with Crippen molar-refractivity contribution >= 4 is 21.7 Å². The number of pyridine rings is 1. The van der Waals surface area contributed by atoms with Gasteiger partial charge in [-0.25, -0.2) is 13.4 Å². The maximum Gasteiger partial charge on any atom is 0.244 e. The zero-order chi connectivity index (χ0) is 21.6. The molecule has 1 saturated heterocycles. The van der Waals surface area contributed by atoms with Gasteiger partial charge in [0.2, 0.25) is 15.9 Å². The van der Waals surface area contributed by atoms with Crippen LogP contribution in [0.15, 0.2) is 53.6 Å². The fraction of sp³-hybridized carbons (Fsp3) is 0.429. The largest absolute Gasteiger partial charge is 0.370 e. The molecule has 0 spiro atoms. The lowest BCUT2D eigenvalue weighted by Crippen LogP contribution is -2.47. The standard InChI is InChI=1S/C21H29N5O3S/c1-24-12-14-26(15-13-24)30(28,29)19-8-9-20(23-16-19)22-11-10-21(27)25(2)17-18-6-4-3-5-7-18/h3-9,16H,10-15,17H2,1-2H3,(H,22,23). The van der Waals surface area contributed by atoms with Gasteiger partial charge in [0.05, 0.1) is 0 Å². The van der Waals surface area contributed by atoms with Crippen molar-refractivity contribution in [3.05, 3.63) is 54.2 Å². The molecular formula is C21H29N5O3S. The molecule has 1 fully saturated rings. The number of nitrogens with zero attached hydrogens (tertiary/aromatic N) is 4. The van der Waals surface area contributed by atoms with Gasteiger partial charge in [0.1, 0.15) is 10.7 Å². The highest BCUT2D eigenvalue weighted by atomic mass is 32.2. The van der Waals surface area contributed by atoms with E-state index < -0.39 is 10.0 Å². The van der Waals surface area contributed by atoms with E-state index in [2.05, 4.69) is 15.2 Å². The van der Waals surface area contributed by atoms with Gasteiger partial charge in [-0.15, -0.1) is 0 Å². The van der Waals surface area contributed by atoms with E-state index in [4.69, 9.17) is 0 Å². The topological polar surface area (TPSA) is 85.8 Å². The van der Waals surface area contributed by atoms with Crippen LogP contribution in [0.3, 0.4) is 0 Å². The van der Waals surface area contributed by atoms with Crippen molar-refractivity contribution in [1.82, 2.24) is 19.1 Å². The highest BCUT2D eigenvalue weighted by Gasteiger charge is 2.27. The zero-order valence-electron chi connectivity index (χ0n) is 17.5. The van der Waals surface area contributed by atoms with E-state index in [0.717, 1.165) is 18.7 Å². The molecule has 3 rings (SSSR count). The van der Waals surface area contributed by atoms with Crippen LogP contribution >= 0.6 is 0 Å². The van der Waals surface area contributed by atoms with E-state index in [-0.39, 0.29) is 10.8 Å². The second kappa shape index (κ2) is 10.0. The first-order chi connectivity index (χ1) is 14.4. The molecule has 1 aliphatic heterocycles. The first kappa shape index (κ1) is 22.2. The van der Waals surface area contributed by atoms with Crippen molar-refractivity contribution in [3.63, 3.8) is 0 Å². The lowest BCUT2D eigenvalue weighted by Gasteiger charge is -2.31. The number of piperazine rings is 1. The molecule has 9 heteroatoms. The Morgan fingerprint density at radius 2 is 1.80 bits per heavy atom. The van der Waals surface area contributed by atoms with E-state index in [1.807, 2.05) is 37.4 Å². The molecule has 30 heavy (non-hydrogen) atoms. The van der Waals surface area contributed by atoms with Crippen molar-refractivity contribution in [2.24, 2.45) is 0 Å². The number of carbonyl (C=O) groups is 1. The SMILES string of the molecule is CN1CCN(S(=O)(=O)c2ccc(NCCC(=O)N(C)Cc3ccccc3)nc2)CC1. The summed E-state index contributed by atoms with van der Waals surface area (Å²) >= 11 is 0.